The SMILES string of the molecule is COc1cccc(-n2cc(C(=O)O)c3ccccc32)c1F. The van der Waals surface area contributed by atoms with Crippen molar-refractivity contribution in [2.45, 2.75) is 0 Å². The van der Waals surface area contributed by atoms with E-state index in [0.29, 0.717) is 10.9 Å². The van der Waals surface area contributed by atoms with Crippen LogP contribution in [0.3, 0.4) is 0 Å². The molecule has 3 aromatic rings. The Balaban J connectivity index is 2.34. The van der Waals surface area contributed by atoms with Gasteiger partial charge in [-0.25, -0.2) is 9.18 Å². The topological polar surface area (TPSA) is 51.5 Å². The zero-order valence-corrected chi connectivity index (χ0v) is 11.2. The summed E-state index contributed by atoms with van der Waals surface area (Å²) < 4.78 is 20.9. The number of fused-ring (bicyclic) bond motifs is 1. The number of hydrogen-bond donors (Lipinski definition) is 1. The van der Waals surface area contributed by atoms with E-state index in [1.165, 1.54) is 23.9 Å². The lowest BCUT2D eigenvalue weighted by atomic mass is 10.2. The molecule has 0 aliphatic carbocycles. The third-order valence-corrected chi connectivity index (χ3v) is 3.36. The molecule has 0 saturated carbocycles. The Kier molecular flexibility index (Phi) is 3.10. The molecule has 0 bridgehead atoms. The molecule has 2 aromatic carbocycles. The lowest BCUT2D eigenvalue weighted by Crippen LogP contribution is -1.99. The zero-order chi connectivity index (χ0) is 15.0. The van der Waals surface area contributed by atoms with Gasteiger partial charge in [-0.2, -0.15) is 0 Å². The van der Waals surface area contributed by atoms with Crippen LogP contribution in [0.5, 0.6) is 5.75 Å². The van der Waals surface area contributed by atoms with Gasteiger partial charge in [0.05, 0.1) is 23.9 Å². The highest BCUT2D eigenvalue weighted by Gasteiger charge is 2.17. The fourth-order valence-electron chi connectivity index (χ4n) is 2.39. The first-order valence-corrected chi connectivity index (χ1v) is 6.29. The standard InChI is InChI=1S/C16H12FNO3/c1-21-14-8-4-7-13(15(14)17)18-9-11(16(19)20)10-5-2-3-6-12(10)18/h2-9H,1H3,(H,19,20). The molecule has 1 N–H and O–H groups in total. The molecule has 0 atom stereocenters. The maximum atomic E-state index is 14.4. The van der Waals surface area contributed by atoms with Crippen molar-refractivity contribution < 1.29 is 19.0 Å². The number of carboxylic acids is 1. The smallest absolute Gasteiger partial charge is 0.337 e. The van der Waals surface area contributed by atoms with Gasteiger partial charge in [0.2, 0.25) is 0 Å². The quantitative estimate of drug-likeness (QED) is 0.801. The van der Waals surface area contributed by atoms with Gasteiger partial charge in [-0.05, 0) is 18.2 Å². The number of nitrogens with zero attached hydrogens (tertiary/aromatic N) is 1. The third-order valence-electron chi connectivity index (χ3n) is 3.36. The molecule has 3 rings (SSSR count). The second-order valence-corrected chi connectivity index (χ2v) is 4.53. The Hall–Kier alpha value is -2.82. The van der Waals surface area contributed by atoms with Crippen LogP contribution in [0.15, 0.2) is 48.7 Å². The molecule has 0 fully saturated rings. The first-order valence-electron chi connectivity index (χ1n) is 6.29. The Bertz CT molecular complexity index is 839. The number of rotatable bonds is 3. The second-order valence-electron chi connectivity index (χ2n) is 4.53. The van der Waals surface area contributed by atoms with Crippen molar-refractivity contribution in [3.05, 3.63) is 60.0 Å². The average Bonchev–Trinajstić information content (AvgIpc) is 2.87. The monoisotopic (exact) mass is 285 g/mol. The number of carbonyl (C=O) groups is 1. The van der Waals surface area contributed by atoms with Crippen molar-refractivity contribution in [1.29, 1.82) is 0 Å². The van der Waals surface area contributed by atoms with E-state index in [0.717, 1.165) is 0 Å². The van der Waals surface area contributed by atoms with E-state index in [9.17, 15) is 14.3 Å². The molecule has 1 aromatic heterocycles. The summed E-state index contributed by atoms with van der Waals surface area (Å²) in [5.74, 6) is -1.46. The number of hydrogen-bond acceptors (Lipinski definition) is 2. The Morgan fingerprint density at radius 2 is 1.95 bits per heavy atom. The van der Waals surface area contributed by atoms with Crippen molar-refractivity contribution >= 4 is 16.9 Å². The predicted octanol–water partition coefficient (Wildman–Crippen LogP) is 3.48. The van der Waals surface area contributed by atoms with E-state index >= 15 is 0 Å². The summed E-state index contributed by atoms with van der Waals surface area (Å²) in [6.07, 6.45) is 1.42. The number of methoxy groups -OCH3 is 1. The molecular formula is C16H12FNO3. The normalized spacial score (nSPS) is 10.8. The highest BCUT2D eigenvalue weighted by atomic mass is 19.1. The summed E-state index contributed by atoms with van der Waals surface area (Å²) in [4.78, 5) is 11.3. The first kappa shape index (κ1) is 13.2. The largest absolute Gasteiger partial charge is 0.494 e. The van der Waals surface area contributed by atoms with Crippen LogP contribution in [0.2, 0.25) is 0 Å². The maximum absolute atomic E-state index is 14.4. The maximum Gasteiger partial charge on any atom is 0.337 e. The Labute approximate surface area is 120 Å². The van der Waals surface area contributed by atoms with Crippen LogP contribution in [0, 0.1) is 5.82 Å². The molecule has 0 spiro atoms. The lowest BCUT2D eigenvalue weighted by molar-refractivity contribution is 0.0699. The van der Waals surface area contributed by atoms with Crippen LogP contribution in [-0.2, 0) is 0 Å². The van der Waals surface area contributed by atoms with E-state index in [4.69, 9.17) is 4.74 Å². The Morgan fingerprint density at radius 3 is 2.67 bits per heavy atom. The molecule has 0 aliphatic heterocycles. The van der Waals surface area contributed by atoms with E-state index in [1.807, 2.05) is 0 Å². The zero-order valence-electron chi connectivity index (χ0n) is 11.2. The summed E-state index contributed by atoms with van der Waals surface area (Å²) in [7, 11) is 1.39. The van der Waals surface area contributed by atoms with Gasteiger partial charge in [-0.15, -0.1) is 0 Å². The molecule has 4 nitrogen and oxygen atoms in total. The van der Waals surface area contributed by atoms with Crippen molar-refractivity contribution in [3.63, 3.8) is 0 Å². The fraction of sp³-hybridized carbons (Fsp3) is 0.0625. The van der Waals surface area contributed by atoms with Gasteiger partial charge in [0, 0.05) is 11.6 Å². The minimum atomic E-state index is -1.05. The summed E-state index contributed by atoms with van der Waals surface area (Å²) in [6, 6.07) is 11.7. The van der Waals surface area contributed by atoms with Gasteiger partial charge < -0.3 is 14.4 Å². The summed E-state index contributed by atoms with van der Waals surface area (Å²) in [5, 5.41) is 9.84. The molecule has 0 aliphatic rings. The van der Waals surface area contributed by atoms with Crippen LogP contribution in [0.1, 0.15) is 10.4 Å². The minimum absolute atomic E-state index is 0.113. The molecule has 106 valence electrons. The van der Waals surface area contributed by atoms with Crippen molar-refractivity contribution in [2.75, 3.05) is 7.11 Å². The van der Waals surface area contributed by atoms with Crippen LogP contribution in [-0.4, -0.2) is 22.8 Å². The molecule has 1 heterocycles. The lowest BCUT2D eigenvalue weighted by Gasteiger charge is -2.09. The van der Waals surface area contributed by atoms with Gasteiger partial charge in [-0.3, -0.25) is 0 Å². The van der Waals surface area contributed by atoms with Crippen LogP contribution >= 0.6 is 0 Å². The van der Waals surface area contributed by atoms with Crippen molar-refractivity contribution in [1.82, 2.24) is 4.57 Å². The van der Waals surface area contributed by atoms with Crippen molar-refractivity contribution in [3.8, 4) is 11.4 Å². The molecule has 0 amide bonds. The third kappa shape index (κ3) is 2.03. The van der Waals surface area contributed by atoms with Crippen LogP contribution < -0.4 is 4.74 Å². The number of halogens is 1. The van der Waals surface area contributed by atoms with Gasteiger partial charge in [0.25, 0.3) is 0 Å². The van der Waals surface area contributed by atoms with Crippen LogP contribution in [0.4, 0.5) is 4.39 Å². The number of carboxylic acid groups (broad SMARTS) is 1. The van der Waals surface area contributed by atoms with Gasteiger partial charge >= 0.3 is 5.97 Å². The summed E-state index contributed by atoms with van der Waals surface area (Å²) >= 11 is 0. The highest BCUT2D eigenvalue weighted by Crippen LogP contribution is 2.29. The minimum Gasteiger partial charge on any atom is -0.494 e. The van der Waals surface area contributed by atoms with E-state index < -0.39 is 11.8 Å². The number of ether oxygens (including phenoxy) is 1. The number of benzene rings is 2. The van der Waals surface area contributed by atoms with Gasteiger partial charge in [0.1, 0.15) is 0 Å². The number of aromatic nitrogens is 1. The predicted molar refractivity (Wildman–Crippen MR) is 76.7 cm³/mol. The second kappa shape index (κ2) is 4.94. The molecule has 0 radical (unpaired) electrons. The number of para-hydroxylation sites is 1. The summed E-state index contributed by atoms with van der Waals surface area (Å²) in [6.45, 7) is 0. The van der Waals surface area contributed by atoms with E-state index in [1.54, 1.807) is 36.4 Å². The Morgan fingerprint density at radius 1 is 1.19 bits per heavy atom. The molecule has 21 heavy (non-hydrogen) atoms. The molecule has 0 unspecified atom stereocenters. The summed E-state index contributed by atoms with van der Waals surface area (Å²) in [5.41, 5.74) is 1.01. The molecule has 5 heteroatoms. The van der Waals surface area contributed by atoms with Crippen molar-refractivity contribution in [2.24, 2.45) is 0 Å². The van der Waals surface area contributed by atoms with E-state index in [-0.39, 0.29) is 17.0 Å². The fourth-order valence-corrected chi connectivity index (χ4v) is 2.39. The van der Waals surface area contributed by atoms with E-state index in [2.05, 4.69) is 0 Å². The van der Waals surface area contributed by atoms with Gasteiger partial charge in [0.15, 0.2) is 11.6 Å². The first-order chi connectivity index (χ1) is 10.1. The van der Waals surface area contributed by atoms with Gasteiger partial charge in [-0.1, -0.05) is 24.3 Å². The van der Waals surface area contributed by atoms with Crippen LogP contribution in [0.25, 0.3) is 16.6 Å². The highest BCUT2D eigenvalue weighted by molar-refractivity contribution is 6.04. The average molecular weight is 285 g/mol. The number of aromatic carboxylic acids is 1. The molecule has 0 saturated heterocycles. The molecular weight excluding hydrogens is 273 g/mol.